The Balaban J connectivity index is 1.08. The molecule has 2 saturated heterocycles. The van der Waals surface area contributed by atoms with E-state index < -0.39 is 17.5 Å². The zero-order chi connectivity index (χ0) is 39.6. The van der Waals surface area contributed by atoms with Gasteiger partial charge >= 0.3 is 0 Å². The largest absolute Gasteiger partial charge is 0.391 e. The van der Waals surface area contributed by atoms with Crippen LogP contribution in [-0.2, 0) is 23.1 Å². The number of piperazine rings is 1. The fourth-order valence-corrected chi connectivity index (χ4v) is 7.97. The van der Waals surface area contributed by atoms with Crippen LogP contribution in [0.15, 0.2) is 36.5 Å². The van der Waals surface area contributed by atoms with E-state index in [1.165, 1.54) is 42.1 Å². The number of quaternary nitrogens is 1. The van der Waals surface area contributed by atoms with Crippen molar-refractivity contribution in [2.24, 2.45) is 13.0 Å². The van der Waals surface area contributed by atoms with Crippen LogP contribution in [0.5, 0.6) is 0 Å². The van der Waals surface area contributed by atoms with Crippen molar-refractivity contribution >= 4 is 35.0 Å². The molecule has 2 aromatic carbocycles. The highest BCUT2D eigenvalue weighted by Gasteiger charge is 2.36. The molecule has 0 saturated carbocycles. The number of likely N-dealkylation sites (N-methyl/N-ethyl adjacent to an activating group) is 1. The Kier molecular flexibility index (Phi) is 12.0. The van der Waals surface area contributed by atoms with Gasteiger partial charge in [0, 0.05) is 87.2 Å². The molecule has 3 amide bonds. The average molecular weight is 782 g/mol. The summed E-state index contributed by atoms with van der Waals surface area (Å²) in [5.41, 5.74) is 2.52. The number of hydrogen-bond donors (Lipinski definition) is 2. The number of aliphatic hydroxyl groups is 1. The number of piperidine rings is 1. The minimum absolute atomic E-state index is 0.0414. The van der Waals surface area contributed by atoms with E-state index in [2.05, 4.69) is 22.4 Å². The van der Waals surface area contributed by atoms with Crippen LogP contribution in [0.3, 0.4) is 0 Å². The maximum absolute atomic E-state index is 15.7. The van der Waals surface area contributed by atoms with Gasteiger partial charge in [-0.3, -0.25) is 19.1 Å². The second-order valence-electron chi connectivity index (χ2n) is 14.6. The van der Waals surface area contributed by atoms with Crippen molar-refractivity contribution in [2.75, 3.05) is 78.5 Å². The van der Waals surface area contributed by atoms with Gasteiger partial charge in [-0.15, -0.1) is 0 Å². The molecule has 13 nitrogen and oxygen atoms in total. The van der Waals surface area contributed by atoms with Crippen LogP contribution < -0.4 is 5.32 Å². The van der Waals surface area contributed by atoms with E-state index >= 15 is 8.78 Å². The summed E-state index contributed by atoms with van der Waals surface area (Å²) < 4.78 is 40.3. The topological polar surface area (TPSA) is 135 Å². The van der Waals surface area contributed by atoms with Crippen LogP contribution in [0.1, 0.15) is 45.2 Å². The van der Waals surface area contributed by atoms with E-state index in [0.717, 1.165) is 30.4 Å². The number of aryl methyl sites for hydroxylation is 1. The van der Waals surface area contributed by atoms with Crippen molar-refractivity contribution in [2.45, 2.75) is 33.2 Å². The Morgan fingerprint density at radius 1 is 1.02 bits per heavy atom. The number of aliphatic hydroxyl groups excluding tert-OH is 1. The number of anilines is 1. The molecule has 16 heteroatoms. The van der Waals surface area contributed by atoms with Crippen molar-refractivity contribution in [3.8, 4) is 22.4 Å². The highest BCUT2D eigenvalue weighted by Crippen LogP contribution is 2.35. The summed E-state index contributed by atoms with van der Waals surface area (Å²) in [5.74, 6) is -2.99. The standard InChI is InChI=1S/C39H47ClF2N8O5/c1-24-33(25(2)49(45-24)16-21-55-5)30-9-8-29(34(41)35(30)42)32-23-43-36(46(32)3)37(52)44-27-6-7-28(31(40)22-27)39(54)48-14-12-47(13-15-48)38(53)26-10-17-50(4,18-11-26)19-20-51/h6-9,22-23,26,51H,10-21H2,1-5H3/p+1. The second kappa shape index (κ2) is 16.6. The first-order chi connectivity index (χ1) is 26.3. The third-order valence-electron chi connectivity index (χ3n) is 11.1. The molecule has 4 heterocycles. The monoisotopic (exact) mass is 781 g/mol. The van der Waals surface area contributed by atoms with Gasteiger partial charge < -0.3 is 34.0 Å². The van der Waals surface area contributed by atoms with Gasteiger partial charge in [0.05, 0.1) is 68.1 Å². The molecular weight excluding hydrogens is 734 g/mol. The molecule has 4 aromatic rings. The van der Waals surface area contributed by atoms with E-state index in [-0.39, 0.29) is 57.6 Å². The zero-order valence-corrected chi connectivity index (χ0v) is 32.6. The molecule has 294 valence electrons. The minimum Gasteiger partial charge on any atom is -0.391 e. The number of halogens is 3. The molecule has 0 spiro atoms. The summed E-state index contributed by atoms with van der Waals surface area (Å²) in [6.07, 6.45) is 2.87. The maximum Gasteiger partial charge on any atom is 0.291 e. The van der Waals surface area contributed by atoms with Crippen molar-refractivity contribution in [1.82, 2.24) is 29.1 Å². The van der Waals surface area contributed by atoms with Crippen LogP contribution in [0.2, 0.25) is 5.02 Å². The van der Waals surface area contributed by atoms with Crippen molar-refractivity contribution in [3.63, 3.8) is 0 Å². The predicted molar refractivity (Wildman–Crippen MR) is 204 cm³/mol. The molecule has 0 atom stereocenters. The molecule has 2 N–H and O–H groups in total. The van der Waals surface area contributed by atoms with Crippen LogP contribution >= 0.6 is 11.6 Å². The van der Waals surface area contributed by atoms with Gasteiger partial charge in [0.1, 0.15) is 6.54 Å². The second-order valence-corrected chi connectivity index (χ2v) is 15.0. The third kappa shape index (κ3) is 8.15. The number of nitrogens with zero attached hydrogens (tertiary/aromatic N) is 7. The van der Waals surface area contributed by atoms with Crippen molar-refractivity contribution in [3.05, 3.63) is 76.0 Å². The SMILES string of the molecule is COCCn1nc(C)c(-c2ccc(-c3cnc(C(=O)Nc4ccc(C(=O)N5CCN(C(=O)C6CC[N+](C)(CCO)CC6)CC5)c(Cl)c4)n3C)c(F)c2F)c1C. The number of amides is 3. The lowest BCUT2D eigenvalue weighted by atomic mass is 9.93. The Morgan fingerprint density at radius 2 is 1.67 bits per heavy atom. The van der Waals surface area contributed by atoms with E-state index in [9.17, 15) is 19.5 Å². The molecule has 2 fully saturated rings. The summed E-state index contributed by atoms with van der Waals surface area (Å²) >= 11 is 6.56. The first-order valence-corrected chi connectivity index (χ1v) is 18.8. The molecule has 2 aliphatic heterocycles. The lowest BCUT2D eigenvalue weighted by molar-refractivity contribution is -0.915. The first-order valence-electron chi connectivity index (χ1n) is 18.4. The number of rotatable bonds is 11. The van der Waals surface area contributed by atoms with Gasteiger partial charge in [-0.2, -0.15) is 5.10 Å². The molecule has 55 heavy (non-hydrogen) atoms. The Labute approximate surface area is 324 Å². The molecule has 0 bridgehead atoms. The number of likely N-dealkylation sites (tertiary alicyclic amines) is 1. The van der Waals surface area contributed by atoms with Crippen molar-refractivity contribution < 1.29 is 37.5 Å². The highest BCUT2D eigenvalue weighted by molar-refractivity contribution is 6.34. The molecule has 0 aliphatic carbocycles. The first kappa shape index (κ1) is 40.0. The number of benzene rings is 2. The van der Waals surface area contributed by atoms with E-state index in [1.807, 2.05) is 4.90 Å². The number of aromatic nitrogens is 4. The van der Waals surface area contributed by atoms with Crippen molar-refractivity contribution in [1.29, 1.82) is 0 Å². The smallest absolute Gasteiger partial charge is 0.291 e. The molecular formula is C39H48ClF2N8O5+. The van der Waals surface area contributed by atoms with Gasteiger partial charge in [-0.1, -0.05) is 17.7 Å². The molecule has 2 aliphatic rings. The van der Waals surface area contributed by atoms with Crippen LogP contribution in [0, 0.1) is 31.4 Å². The quantitative estimate of drug-likeness (QED) is 0.214. The van der Waals surface area contributed by atoms with E-state index in [0.29, 0.717) is 68.5 Å². The third-order valence-corrected chi connectivity index (χ3v) is 11.4. The number of carbonyl (C=O) groups excluding carboxylic acids is 3. The minimum atomic E-state index is -1.08. The Bertz CT molecular complexity index is 2090. The predicted octanol–water partition coefficient (Wildman–Crippen LogP) is 4.53. The number of nitrogens with one attached hydrogen (secondary N) is 1. The maximum atomic E-state index is 15.7. The molecule has 6 rings (SSSR count). The summed E-state index contributed by atoms with van der Waals surface area (Å²) in [5, 5.41) is 16.7. The van der Waals surface area contributed by atoms with Gasteiger partial charge in [0.2, 0.25) is 5.91 Å². The van der Waals surface area contributed by atoms with Gasteiger partial charge in [-0.05, 0) is 38.1 Å². The van der Waals surface area contributed by atoms with Gasteiger partial charge in [0.25, 0.3) is 11.8 Å². The number of carbonyl (C=O) groups is 3. The number of imidazole rings is 1. The normalized spacial score (nSPS) is 18.8. The number of hydrogen-bond acceptors (Lipinski definition) is 7. The molecule has 2 aromatic heterocycles. The molecule has 0 unspecified atom stereocenters. The van der Waals surface area contributed by atoms with Crippen LogP contribution in [0.4, 0.5) is 14.5 Å². The molecule has 0 radical (unpaired) electrons. The van der Waals surface area contributed by atoms with E-state index in [1.54, 1.807) is 36.6 Å². The van der Waals surface area contributed by atoms with Gasteiger partial charge in [0.15, 0.2) is 17.5 Å². The van der Waals surface area contributed by atoms with Crippen LogP contribution in [-0.4, -0.2) is 130 Å². The van der Waals surface area contributed by atoms with E-state index in [4.69, 9.17) is 16.3 Å². The zero-order valence-electron chi connectivity index (χ0n) is 31.9. The summed E-state index contributed by atoms with van der Waals surface area (Å²) in [6.45, 7) is 8.56. The Hall–Kier alpha value is -4.70. The van der Waals surface area contributed by atoms with Crippen LogP contribution in [0.25, 0.3) is 22.4 Å². The lowest BCUT2D eigenvalue weighted by Gasteiger charge is -2.42. The average Bonchev–Trinajstić information content (AvgIpc) is 3.68. The lowest BCUT2D eigenvalue weighted by Crippen LogP contribution is -2.56. The number of ether oxygens (including phenoxy) is 1. The van der Waals surface area contributed by atoms with Gasteiger partial charge in [-0.25, -0.2) is 13.8 Å². The summed E-state index contributed by atoms with van der Waals surface area (Å²) in [6, 6.07) is 7.52. The number of methoxy groups -OCH3 is 1. The summed E-state index contributed by atoms with van der Waals surface area (Å²) in [4.78, 5) is 47.7. The fraction of sp³-hybridized carbons (Fsp3) is 0.462. The Morgan fingerprint density at radius 3 is 2.33 bits per heavy atom. The summed E-state index contributed by atoms with van der Waals surface area (Å²) in [7, 11) is 5.22. The fourth-order valence-electron chi connectivity index (χ4n) is 7.71. The highest BCUT2D eigenvalue weighted by atomic mass is 35.5.